The highest BCUT2D eigenvalue weighted by atomic mass is 16.2. The van der Waals surface area contributed by atoms with Crippen molar-refractivity contribution in [2.75, 3.05) is 4.90 Å². The van der Waals surface area contributed by atoms with Gasteiger partial charge in [0.25, 0.3) is 5.91 Å². The zero-order valence-electron chi connectivity index (χ0n) is 15.0. The van der Waals surface area contributed by atoms with Crippen molar-refractivity contribution in [3.63, 3.8) is 0 Å². The number of anilines is 1. The van der Waals surface area contributed by atoms with E-state index in [1.54, 1.807) is 12.2 Å². The first-order valence-electron chi connectivity index (χ1n) is 9.16. The summed E-state index contributed by atoms with van der Waals surface area (Å²) in [7, 11) is 0. The van der Waals surface area contributed by atoms with Crippen LogP contribution in [0.4, 0.5) is 5.69 Å². The molecule has 0 radical (unpaired) electrons. The van der Waals surface area contributed by atoms with Crippen LogP contribution in [0.1, 0.15) is 18.2 Å². The van der Waals surface area contributed by atoms with Gasteiger partial charge in [-0.15, -0.1) is 0 Å². The average Bonchev–Trinajstić information content (AvgIpc) is 3.22. The van der Waals surface area contributed by atoms with Gasteiger partial charge in [-0.2, -0.15) is 0 Å². The first-order chi connectivity index (χ1) is 13.2. The van der Waals surface area contributed by atoms with Crippen LogP contribution >= 0.6 is 0 Å². The van der Waals surface area contributed by atoms with Gasteiger partial charge in [-0.1, -0.05) is 36.4 Å². The van der Waals surface area contributed by atoms with Gasteiger partial charge in [-0.3, -0.25) is 9.78 Å². The Bertz CT molecular complexity index is 1200. The van der Waals surface area contributed by atoms with Crippen LogP contribution in [0.2, 0.25) is 0 Å². The molecule has 132 valence electrons. The summed E-state index contributed by atoms with van der Waals surface area (Å²) in [6.45, 7) is 2.09. The largest absolute Gasteiger partial charge is 0.353 e. The molecule has 4 heteroatoms. The average molecular weight is 353 g/mol. The molecule has 0 aliphatic carbocycles. The maximum Gasteiger partial charge on any atom is 0.251 e. The zero-order chi connectivity index (χ0) is 18.4. The van der Waals surface area contributed by atoms with E-state index in [0.29, 0.717) is 0 Å². The van der Waals surface area contributed by atoms with Crippen molar-refractivity contribution in [1.82, 2.24) is 9.97 Å². The van der Waals surface area contributed by atoms with E-state index in [1.165, 1.54) is 5.56 Å². The molecule has 1 aliphatic heterocycles. The van der Waals surface area contributed by atoms with Crippen molar-refractivity contribution in [2.45, 2.75) is 19.4 Å². The summed E-state index contributed by atoms with van der Waals surface area (Å²) in [5.74, 6) is -0.00623. The fraction of sp³-hybridized carbons (Fsp3) is 0.130. The van der Waals surface area contributed by atoms with E-state index in [-0.39, 0.29) is 11.9 Å². The summed E-state index contributed by atoms with van der Waals surface area (Å²) < 4.78 is 0. The lowest BCUT2D eigenvalue weighted by Crippen LogP contribution is -2.34. The molecule has 5 rings (SSSR count). The SMILES string of the molecule is CC1Cc2ccccc2N1C(=O)/C=C/c1cc2c(cn1)[nH]c1ccccc12. The lowest BCUT2D eigenvalue weighted by Gasteiger charge is -2.20. The molecule has 4 aromatic rings. The number of fused-ring (bicyclic) bond motifs is 4. The number of rotatable bonds is 2. The second-order valence-electron chi connectivity index (χ2n) is 7.05. The molecule has 0 saturated carbocycles. The number of para-hydroxylation sites is 2. The van der Waals surface area contributed by atoms with E-state index in [9.17, 15) is 4.79 Å². The summed E-state index contributed by atoms with van der Waals surface area (Å²) in [6, 6.07) is 18.5. The maximum atomic E-state index is 12.8. The molecular formula is C23H19N3O. The van der Waals surface area contributed by atoms with Crippen molar-refractivity contribution in [2.24, 2.45) is 0 Å². The van der Waals surface area contributed by atoms with Crippen molar-refractivity contribution >= 4 is 39.5 Å². The van der Waals surface area contributed by atoms with Crippen LogP contribution in [0.5, 0.6) is 0 Å². The molecule has 2 aromatic carbocycles. The lowest BCUT2D eigenvalue weighted by atomic mass is 10.1. The molecule has 3 heterocycles. The third-order valence-corrected chi connectivity index (χ3v) is 5.25. The topological polar surface area (TPSA) is 49.0 Å². The number of amides is 1. The van der Waals surface area contributed by atoms with Crippen LogP contribution in [-0.2, 0) is 11.2 Å². The van der Waals surface area contributed by atoms with Crippen LogP contribution in [0.15, 0.2) is 66.9 Å². The normalized spacial score (nSPS) is 16.5. The minimum absolute atomic E-state index is 0.00623. The molecular weight excluding hydrogens is 334 g/mol. The Labute approximate surface area is 157 Å². The number of nitrogens with zero attached hydrogens (tertiary/aromatic N) is 2. The van der Waals surface area contributed by atoms with Crippen LogP contribution in [-0.4, -0.2) is 21.9 Å². The monoisotopic (exact) mass is 353 g/mol. The Morgan fingerprint density at radius 3 is 2.85 bits per heavy atom. The number of carbonyl (C=O) groups is 1. The Hall–Kier alpha value is -3.40. The van der Waals surface area contributed by atoms with Crippen LogP contribution in [0.3, 0.4) is 0 Å². The molecule has 2 aromatic heterocycles. The van der Waals surface area contributed by atoms with Gasteiger partial charge < -0.3 is 9.88 Å². The minimum Gasteiger partial charge on any atom is -0.353 e. The van der Waals surface area contributed by atoms with Gasteiger partial charge >= 0.3 is 0 Å². The molecule has 1 unspecified atom stereocenters. The number of hydrogen-bond donors (Lipinski definition) is 1. The quantitative estimate of drug-likeness (QED) is 0.531. The van der Waals surface area contributed by atoms with Crippen LogP contribution in [0.25, 0.3) is 27.9 Å². The molecule has 4 nitrogen and oxygen atoms in total. The van der Waals surface area contributed by atoms with E-state index >= 15 is 0 Å². The van der Waals surface area contributed by atoms with Gasteiger partial charge in [0.1, 0.15) is 0 Å². The number of carbonyl (C=O) groups excluding carboxylic acids is 1. The number of aromatic nitrogens is 2. The number of nitrogens with one attached hydrogen (secondary N) is 1. The van der Waals surface area contributed by atoms with Crippen LogP contribution < -0.4 is 4.90 Å². The van der Waals surface area contributed by atoms with Crippen molar-refractivity contribution in [1.29, 1.82) is 0 Å². The van der Waals surface area contributed by atoms with E-state index in [1.807, 2.05) is 47.5 Å². The highest BCUT2D eigenvalue weighted by Crippen LogP contribution is 2.32. The number of hydrogen-bond acceptors (Lipinski definition) is 2. The van der Waals surface area contributed by atoms with Gasteiger partial charge in [-0.05, 0) is 43.2 Å². The Kier molecular flexibility index (Phi) is 3.57. The Balaban J connectivity index is 1.47. The highest BCUT2D eigenvalue weighted by Gasteiger charge is 2.29. The number of H-pyrrole nitrogens is 1. The summed E-state index contributed by atoms with van der Waals surface area (Å²) >= 11 is 0. The Morgan fingerprint density at radius 2 is 1.93 bits per heavy atom. The molecule has 1 atom stereocenters. The first-order valence-corrected chi connectivity index (χ1v) is 9.16. The predicted octanol–water partition coefficient (Wildman–Crippen LogP) is 4.71. The lowest BCUT2D eigenvalue weighted by molar-refractivity contribution is -0.114. The zero-order valence-corrected chi connectivity index (χ0v) is 15.0. The Morgan fingerprint density at radius 1 is 1.11 bits per heavy atom. The number of aromatic amines is 1. The van der Waals surface area contributed by atoms with E-state index in [4.69, 9.17) is 0 Å². The second kappa shape index (κ2) is 6.09. The van der Waals surface area contributed by atoms with Gasteiger partial charge in [0.05, 0.1) is 17.4 Å². The van der Waals surface area contributed by atoms with Gasteiger partial charge in [0.15, 0.2) is 0 Å². The standard InChI is InChI=1S/C23H19N3O/c1-15-12-16-6-2-5-9-22(16)26(15)23(27)11-10-17-13-19-18-7-3-4-8-20(18)25-21(19)14-24-17/h2-11,13-15,25H,12H2,1H3/b11-10+. The molecule has 1 aliphatic rings. The van der Waals surface area contributed by atoms with Gasteiger partial charge in [0, 0.05) is 34.1 Å². The van der Waals surface area contributed by atoms with Crippen LogP contribution in [0, 0.1) is 0 Å². The second-order valence-corrected chi connectivity index (χ2v) is 7.05. The van der Waals surface area contributed by atoms with E-state index in [0.717, 1.165) is 39.6 Å². The van der Waals surface area contributed by atoms with E-state index in [2.05, 4.69) is 35.1 Å². The predicted molar refractivity (Wildman–Crippen MR) is 110 cm³/mol. The van der Waals surface area contributed by atoms with E-state index < -0.39 is 0 Å². The molecule has 1 N–H and O–H groups in total. The van der Waals surface area contributed by atoms with Gasteiger partial charge in [-0.25, -0.2) is 0 Å². The van der Waals surface area contributed by atoms with Crippen molar-refractivity contribution < 1.29 is 4.79 Å². The molecule has 27 heavy (non-hydrogen) atoms. The smallest absolute Gasteiger partial charge is 0.251 e. The number of benzene rings is 2. The molecule has 0 spiro atoms. The summed E-state index contributed by atoms with van der Waals surface area (Å²) in [6.07, 6.45) is 6.15. The van der Waals surface area contributed by atoms with Gasteiger partial charge in [0.2, 0.25) is 0 Å². The fourth-order valence-electron chi connectivity index (χ4n) is 4.00. The summed E-state index contributed by atoms with van der Waals surface area (Å²) in [5, 5.41) is 2.28. The fourth-order valence-corrected chi connectivity index (χ4v) is 4.00. The summed E-state index contributed by atoms with van der Waals surface area (Å²) in [5.41, 5.74) is 5.11. The molecule has 1 amide bonds. The van der Waals surface area contributed by atoms with Crippen molar-refractivity contribution in [3.05, 3.63) is 78.1 Å². The van der Waals surface area contributed by atoms with Crippen molar-refractivity contribution in [3.8, 4) is 0 Å². The summed E-state index contributed by atoms with van der Waals surface area (Å²) in [4.78, 5) is 22.5. The number of pyridine rings is 1. The molecule has 0 fully saturated rings. The third kappa shape index (κ3) is 2.61. The first kappa shape index (κ1) is 15.8. The molecule has 0 saturated heterocycles. The third-order valence-electron chi connectivity index (χ3n) is 5.25. The highest BCUT2D eigenvalue weighted by molar-refractivity contribution is 6.08. The minimum atomic E-state index is -0.00623. The molecule has 0 bridgehead atoms. The maximum absolute atomic E-state index is 12.8.